The molecule has 0 aromatic heterocycles. The van der Waals surface area contributed by atoms with Crippen LogP contribution in [0.3, 0.4) is 0 Å². The van der Waals surface area contributed by atoms with Crippen LogP contribution < -0.4 is 0 Å². The molecular formula is C13H17N3O. The Balaban J connectivity index is 2.72. The Morgan fingerprint density at radius 3 is 2.24 bits per heavy atom. The number of amides is 1. The molecule has 0 bridgehead atoms. The summed E-state index contributed by atoms with van der Waals surface area (Å²) in [5.74, 6) is 0.0954. The van der Waals surface area contributed by atoms with E-state index in [1.165, 1.54) is 0 Å². The Morgan fingerprint density at radius 1 is 1.29 bits per heavy atom. The van der Waals surface area contributed by atoms with Gasteiger partial charge in [0, 0.05) is 33.1 Å². The molecule has 0 unspecified atom stereocenters. The normalized spacial score (nSPS) is 16.4. The Bertz CT molecular complexity index is 395. The number of rotatable bonds is 3. The second-order valence-corrected chi connectivity index (χ2v) is 3.87. The maximum Gasteiger partial charge on any atom is 0.219 e. The summed E-state index contributed by atoms with van der Waals surface area (Å²) in [5, 5.41) is 8.89. The second-order valence-electron chi connectivity index (χ2n) is 3.87. The minimum Gasteiger partial charge on any atom is -0.367 e. The average Bonchev–Trinajstić information content (AvgIpc) is 2.35. The van der Waals surface area contributed by atoms with Gasteiger partial charge in [-0.3, -0.25) is 4.79 Å². The fraction of sp³-hybridized carbons (Fsp3) is 0.385. The SMILES string of the molecule is C=C/C=C(\C(=C)C#N)N1CCN(C(C)=O)CC1. The predicted octanol–water partition coefficient (Wildman–Crippen LogP) is 1.30. The smallest absolute Gasteiger partial charge is 0.219 e. The van der Waals surface area contributed by atoms with E-state index in [0.717, 1.165) is 18.8 Å². The van der Waals surface area contributed by atoms with E-state index in [9.17, 15) is 4.79 Å². The fourth-order valence-corrected chi connectivity index (χ4v) is 1.83. The van der Waals surface area contributed by atoms with Crippen molar-refractivity contribution in [2.45, 2.75) is 6.92 Å². The van der Waals surface area contributed by atoms with Crippen LogP contribution in [-0.4, -0.2) is 41.9 Å². The lowest BCUT2D eigenvalue weighted by atomic mass is 10.1. The number of piperazine rings is 1. The van der Waals surface area contributed by atoms with Crippen LogP contribution in [0.1, 0.15) is 6.92 Å². The maximum atomic E-state index is 11.2. The first kappa shape index (κ1) is 13.0. The van der Waals surface area contributed by atoms with Crippen LogP contribution in [0.2, 0.25) is 0 Å². The van der Waals surface area contributed by atoms with Crippen LogP contribution in [0.5, 0.6) is 0 Å². The average molecular weight is 231 g/mol. The van der Waals surface area contributed by atoms with Crippen molar-refractivity contribution in [2.24, 2.45) is 0 Å². The van der Waals surface area contributed by atoms with Gasteiger partial charge in [-0.1, -0.05) is 19.2 Å². The molecule has 4 heteroatoms. The summed E-state index contributed by atoms with van der Waals surface area (Å²) in [6.45, 7) is 11.7. The number of carbonyl (C=O) groups excluding carboxylic acids is 1. The van der Waals surface area contributed by atoms with E-state index in [4.69, 9.17) is 5.26 Å². The van der Waals surface area contributed by atoms with E-state index in [1.807, 2.05) is 6.07 Å². The quantitative estimate of drug-likeness (QED) is 0.543. The van der Waals surface area contributed by atoms with Crippen molar-refractivity contribution in [1.29, 1.82) is 5.26 Å². The van der Waals surface area contributed by atoms with Gasteiger partial charge in [0.25, 0.3) is 0 Å². The van der Waals surface area contributed by atoms with Gasteiger partial charge in [-0.15, -0.1) is 0 Å². The number of hydrogen-bond donors (Lipinski definition) is 0. The van der Waals surface area contributed by atoms with Gasteiger partial charge in [0.05, 0.1) is 11.3 Å². The summed E-state index contributed by atoms with van der Waals surface area (Å²) in [5.41, 5.74) is 1.23. The van der Waals surface area contributed by atoms with Gasteiger partial charge in [0.2, 0.25) is 5.91 Å². The van der Waals surface area contributed by atoms with Gasteiger partial charge in [-0.25, -0.2) is 0 Å². The van der Waals surface area contributed by atoms with Crippen molar-refractivity contribution < 1.29 is 4.79 Å². The Morgan fingerprint density at radius 2 is 1.82 bits per heavy atom. The lowest BCUT2D eigenvalue weighted by molar-refractivity contribution is -0.130. The highest BCUT2D eigenvalue weighted by Crippen LogP contribution is 2.16. The molecule has 0 aromatic rings. The van der Waals surface area contributed by atoms with E-state index >= 15 is 0 Å². The summed E-state index contributed by atoms with van der Waals surface area (Å²) in [6.07, 6.45) is 3.43. The number of allylic oxidation sites excluding steroid dienone is 3. The molecule has 1 saturated heterocycles. The van der Waals surface area contributed by atoms with Gasteiger partial charge in [0.1, 0.15) is 6.07 Å². The van der Waals surface area contributed by atoms with Crippen molar-refractivity contribution >= 4 is 5.91 Å². The zero-order valence-corrected chi connectivity index (χ0v) is 10.1. The van der Waals surface area contributed by atoms with Crippen molar-refractivity contribution in [3.63, 3.8) is 0 Å². The molecule has 90 valence electrons. The summed E-state index contributed by atoms with van der Waals surface area (Å²) in [4.78, 5) is 15.1. The van der Waals surface area contributed by atoms with E-state index in [2.05, 4.69) is 18.1 Å². The molecule has 0 N–H and O–H groups in total. The largest absolute Gasteiger partial charge is 0.367 e. The molecule has 0 atom stereocenters. The topological polar surface area (TPSA) is 47.3 Å². The molecule has 4 nitrogen and oxygen atoms in total. The highest BCUT2D eigenvalue weighted by molar-refractivity contribution is 5.73. The lowest BCUT2D eigenvalue weighted by Crippen LogP contribution is -2.47. The molecular weight excluding hydrogens is 214 g/mol. The minimum absolute atomic E-state index is 0.0954. The number of nitrogens with zero attached hydrogens (tertiary/aromatic N) is 3. The molecule has 1 aliphatic rings. The van der Waals surface area contributed by atoms with Crippen molar-refractivity contribution in [3.8, 4) is 6.07 Å². The van der Waals surface area contributed by atoms with E-state index in [0.29, 0.717) is 18.7 Å². The summed E-state index contributed by atoms with van der Waals surface area (Å²) in [6, 6.07) is 2.05. The molecule has 1 fully saturated rings. The lowest BCUT2D eigenvalue weighted by Gasteiger charge is -2.36. The Kier molecular flexibility index (Phi) is 4.53. The first-order valence-electron chi connectivity index (χ1n) is 5.52. The zero-order chi connectivity index (χ0) is 12.8. The van der Waals surface area contributed by atoms with E-state index in [1.54, 1.807) is 24.0 Å². The third kappa shape index (κ3) is 3.22. The number of nitriles is 1. The van der Waals surface area contributed by atoms with Crippen molar-refractivity contribution in [2.75, 3.05) is 26.2 Å². The highest BCUT2D eigenvalue weighted by atomic mass is 16.2. The van der Waals surface area contributed by atoms with Gasteiger partial charge in [-0.2, -0.15) is 5.26 Å². The summed E-state index contributed by atoms with van der Waals surface area (Å²) >= 11 is 0. The van der Waals surface area contributed by atoms with Crippen LogP contribution in [0.4, 0.5) is 0 Å². The Hall–Kier alpha value is -2.02. The van der Waals surface area contributed by atoms with Gasteiger partial charge >= 0.3 is 0 Å². The van der Waals surface area contributed by atoms with E-state index in [-0.39, 0.29) is 5.91 Å². The molecule has 17 heavy (non-hydrogen) atoms. The Labute approximate surface area is 102 Å². The molecule has 1 heterocycles. The third-order valence-corrected chi connectivity index (χ3v) is 2.79. The van der Waals surface area contributed by atoms with Gasteiger partial charge in [0.15, 0.2) is 0 Å². The van der Waals surface area contributed by atoms with Crippen LogP contribution in [0, 0.1) is 11.3 Å². The summed E-state index contributed by atoms with van der Waals surface area (Å²) < 4.78 is 0. The third-order valence-electron chi connectivity index (χ3n) is 2.79. The minimum atomic E-state index is 0.0954. The van der Waals surface area contributed by atoms with Crippen LogP contribution in [-0.2, 0) is 4.79 Å². The van der Waals surface area contributed by atoms with Gasteiger partial charge in [-0.05, 0) is 6.08 Å². The van der Waals surface area contributed by atoms with Crippen LogP contribution in [0.25, 0.3) is 0 Å². The van der Waals surface area contributed by atoms with Crippen molar-refractivity contribution in [1.82, 2.24) is 9.80 Å². The monoisotopic (exact) mass is 231 g/mol. The maximum absolute atomic E-state index is 11.2. The molecule has 1 rings (SSSR count). The molecule has 0 aromatic carbocycles. The molecule has 1 amide bonds. The first-order chi connectivity index (χ1) is 8.10. The van der Waals surface area contributed by atoms with Crippen LogP contribution >= 0.6 is 0 Å². The number of hydrogen-bond acceptors (Lipinski definition) is 3. The molecule has 0 saturated carbocycles. The first-order valence-corrected chi connectivity index (χ1v) is 5.52. The number of carbonyl (C=O) groups is 1. The molecule has 0 spiro atoms. The van der Waals surface area contributed by atoms with Crippen LogP contribution in [0.15, 0.2) is 36.6 Å². The van der Waals surface area contributed by atoms with Gasteiger partial charge < -0.3 is 9.80 Å². The highest BCUT2D eigenvalue weighted by Gasteiger charge is 2.20. The van der Waals surface area contributed by atoms with Crippen molar-refractivity contribution in [3.05, 3.63) is 36.6 Å². The second kappa shape index (κ2) is 5.90. The molecule has 0 aliphatic carbocycles. The standard InChI is InChI=1S/C13H17N3O/c1-4-5-13(11(2)10-14)16-8-6-15(7-9-16)12(3)17/h4-5H,1-2,6-9H2,3H3/b13-5+. The summed E-state index contributed by atoms with van der Waals surface area (Å²) in [7, 11) is 0. The van der Waals surface area contributed by atoms with E-state index < -0.39 is 0 Å². The molecule has 1 aliphatic heterocycles. The predicted molar refractivity (Wildman–Crippen MR) is 66.9 cm³/mol. The zero-order valence-electron chi connectivity index (χ0n) is 10.1. The molecule has 0 radical (unpaired) electrons. The fourth-order valence-electron chi connectivity index (χ4n) is 1.83.